The molecule has 0 aliphatic heterocycles. The van der Waals surface area contributed by atoms with Crippen LogP contribution in [0.3, 0.4) is 0 Å². The second-order valence-electron chi connectivity index (χ2n) is 4.77. The Morgan fingerprint density at radius 1 is 1.14 bits per heavy atom. The third-order valence-electron chi connectivity index (χ3n) is 3.20. The second kappa shape index (κ2) is 5.75. The molecule has 1 heterocycles. The number of rotatable bonds is 4. The van der Waals surface area contributed by atoms with Crippen molar-refractivity contribution < 1.29 is 19.8 Å². The summed E-state index contributed by atoms with van der Waals surface area (Å²) in [5.41, 5.74) is 0.993. The van der Waals surface area contributed by atoms with Crippen molar-refractivity contribution in [1.82, 2.24) is 4.98 Å². The van der Waals surface area contributed by atoms with Crippen molar-refractivity contribution in [2.75, 3.05) is 0 Å². The van der Waals surface area contributed by atoms with Gasteiger partial charge in [-0.2, -0.15) is 0 Å². The van der Waals surface area contributed by atoms with Gasteiger partial charge in [0.2, 0.25) is 0 Å². The lowest BCUT2D eigenvalue weighted by molar-refractivity contribution is 0.0689. The van der Waals surface area contributed by atoms with Gasteiger partial charge in [0.15, 0.2) is 5.78 Å². The molecule has 0 spiro atoms. The van der Waals surface area contributed by atoms with Crippen LogP contribution in [0.4, 0.5) is 0 Å². The fourth-order valence-electron chi connectivity index (χ4n) is 2.25. The minimum Gasteiger partial charge on any atom is -0.505 e. The van der Waals surface area contributed by atoms with Crippen molar-refractivity contribution in [3.05, 3.63) is 58.4 Å². The molecule has 0 atom stereocenters. The maximum atomic E-state index is 11.7. The Kier molecular flexibility index (Phi) is 4.03. The molecule has 0 aliphatic carbocycles. The van der Waals surface area contributed by atoms with Gasteiger partial charge in [0.05, 0.1) is 22.5 Å². The summed E-state index contributed by atoms with van der Waals surface area (Å²) in [6, 6.07) is 9.24. The van der Waals surface area contributed by atoms with Crippen LogP contribution in [0.15, 0.2) is 30.3 Å². The summed E-state index contributed by atoms with van der Waals surface area (Å²) in [6.45, 7) is 2.77. The van der Waals surface area contributed by atoms with Crippen LogP contribution in [0, 0.1) is 6.92 Å². The Morgan fingerprint density at radius 2 is 1.76 bits per heavy atom. The van der Waals surface area contributed by atoms with Crippen LogP contribution in [0.5, 0.6) is 5.75 Å². The molecule has 5 nitrogen and oxygen atoms in total. The summed E-state index contributed by atoms with van der Waals surface area (Å²) in [4.78, 5) is 27.3. The topological polar surface area (TPSA) is 87.5 Å². The minimum absolute atomic E-state index is 0.180. The number of benzene rings is 1. The van der Waals surface area contributed by atoms with Gasteiger partial charge < -0.3 is 10.2 Å². The first kappa shape index (κ1) is 14.7. The number of aromatic hydroxyl groups is 1. The van der Waals surface area contributed by atoms with Crippen LogP contribution >= 0.6 is 0 Å². The highest BCUT2D eigenvalue weighted by Gasteiger charge is 2.25. The number of ketones is 1. The van der Waals surface area contributed by atoms with Crippen LogP contribution in [0.2, 0.25) is 0 Å². The van der Waals surface area contributed by atoms with Gasteiger partial charge in [-0.1, -0.05) is 30.3 Å². The van der Waals surface area contributed by atoms with Crippen molar-refractivity contribution in [3.8, 4) is 5.75 Å². The summed E-state index contributed by atoms with van der Waals surface area (Å²) < 4.78 is 0. The third-order valence-corrected chi connectivity index (χ3v) is 3.20. The molecule has 0 aliphatic rings. The van der Waals surface area contributed by atoms with E-state index in [-0.39, 0.29) is 34.7 Å². The van der Waals surface area contributed by atoms with Gasteiger partial charge in [0.1, 0.15) is 5.75 Å². The molecule has 21 heavy (non-hydrogen) atoms. The molecule has 5 heteroatoms. The van der Waals surface area contributed by atoms with E-state index in [9.17, 15) is 19.8 Å². The number of aromatic carboxylic acids is 1. The first-order valence-electron chi connectivity index (χ1n) is 6.42. The van der Waals surface area contributed by atoms with Gasteiger partial charge in [0, 0.05) is 6.42 Å². The normalized spacial score (nSPS) is 10.4. The molecule has 0 radical (unpaired) electrons. The number of aromatic nitrogens is 1. The van der Waals surface area contributed by atoms with Crippen LogP contribution in [0.1, 0.15) is 44.6 Å². The average Bonchev–Trinajstić information content (AvgIpc) is 2.42. The van der Waals surface area contributed by atoms with Crippen LogP contribution in [0.25, 0.3) is 0 Å². The van der Waals surface area contributed by atoms with Crippen molar-refractivity contribution >= 4 is 11.8 Å². The van der Waals surface area contributed by atoms with Crippen LogP contribution < -0.4 is 0 Å². The summed E-state index contributed by atoms with van der Waals surface area (Å²) in [6.07, 6.45) is 0.282. The average molecular weight is 285 g/mol. The molecule has 108 valence electrons. The maximum absolute atomic E-state index is 11.7. The van der Waals surface area contributed by atoms with Crippen LogP contribution in [-0.4, -0.2) is 26.9 Å². The van der Waals surface area contributed by atoms with E-state index in [2.05, 4.69) is 4.98 Å². The van der Waals surface area contributed by atoms with E-state index in [1.807, 2.05) is 30.3 Å². The first-order valence-corrected chi connectivity index (χ1v) is 6.42. The quantitative estimate of drug-likeness (QED) is 0.843. The highest BCUT2D eigenvalue weighted by atomic mass is 16.4. The van der Waals surface area contributed by atoms with Gasteiger partial charge in [-0.25, -0.2) is 4.79 Å². The van der Waals surface area contributed by atoms with Gasteiger partial charge in [0.25, 0.3) is 0 Å². The molecular weight excluding hydrogens is 270 g/mol. The highest BCUT2D eigenvalue weighted by molar-refractivity contribution is 6.07. The summed E-state index contributed by atoms with van der Waals surface area (Å²) in [5, 5.41) is 19.3. The van der Waals surface area contributed by atoms with E-state index in [4.69, 9.17) is 0 Å². The number of hydrogen-bond donors (Lipinski definition) is 2. The lowest BCUT2D eigenvalue weighted by Gasteiger charge is -2.13. The molecule has 0 bridgehead atoms. The van der Waals surface area contributed by atoms with Crippen molar-refractivity contribution in [2.45, 2.75) is 20.3 Å². The SMILES string of the molecule is CC(=O)c1c(O)c(C)nc(Cc2ccccc2)c1C(=O)O. The number of carbonyl (C=O) groups excluding carboxylic acids is 1. The van der Waals surface area contributed by atoms with E-state index >= 15 is 0 Å². The number of pyridine rings is 1. The highest BCUT2D eigenvalue weighted by Crippen LogP contribution is 2.28. The smallest absolute Gasteiger partial charge is 0.338 e. The van der Waals surface area contributed by atoms with Gasteiger partial charge in [-0.05, 0) is 19.4 Å². The predicted molar refractivity (Wildman–Crippen MR) is 76.9 cm³/mol. The maximum Gasteiger partial charge on any atom is 0.338 e. The molecular formula is C16H15NO4. The minimum atomic E-state index is -1.27. The summed E-state index contributed by atoms with van der Waals surface area (Å²) >= 11 is 0. The Morgan fingerprint density at radius 3 is 2.29 bits per heavy atom. The molecule has 2 rings (SSSR count). The van der Waals surface area contributed by atoms with Gasteiger partial charge in [-0.3, -0.25) is 9.78 Å². The Balaban J connectivity index is 2.65. The molecule has 0 unspecified atom stereocenters. The number of aryl methyl sites for hydroxylation is 1. The zero-order valence-electron chi connectivity index (χ0n) is 11.8. The van der Waals surface area contributed by atoms with Crippen molar-refractivity contribution in [1.29, 1.82) is 0 Å². The van der Waals surface area contributed by atoms with Gasteiger partial charge in [-0.15, -0.1) is 0 Å². The Bertz CT molecular complexity index is 708. The summed E-state index contributed by atoms with van der Waals surface area (Å²) in [7, 11) is 0. The Hall–Kier alpha value is -2.69. The number of carboxylic acids is 1. The summed E-state index contributed by atoms with van der Waals surface area (Å²) in [5.74, 6) is -2.13. The number of nitrogens with zero attached hydrogens (tertiary/aromatic N) is 1. The van der Waals surface area contributed by atoms with E-state index in [0.717, 1.165) is 5.56 Å². The van der Waals surface area contributed by atoms with Crippen LogP contribution in [-0.2, 0) is 6.42 Å². The zero-order chi connectivity index (χ0) is 15.6. The molecule has 2 N–H and O–H groups in total. The lowest BCUT2D eigenvalue weighted by atomic mass is 9.97. The predicted octanol–water partition coefficient (Wildman–Crippen LogP) is 2.59. The largest absolute Gasteiger partial charge is 0.505 e. The number of hydrogen-bond acceptors (Lipinski definition) is 4. The molecule has 0 saturated heterocycles. The fraction of sp³-hybridized carbons (Fsp3) is 0.188. The third kappa shape index (κ3) is 2.91. The Labute approximate surface area is 121 Å². The van der Waals surface area contributed by atoms with Crippen molar-refractivity contribution in [3.63, 3.8) is 0 Å². The molecule has 0 saturated carbocycles. The van der Waals surface area contributed by atoms with E-state index in [1.165, 1.54) is 6.92 Å². The standard InChI is InChI=1S/C16H15NO4/c1-9-15(19)13(10(2)18)14(16(20)21)12(17-9)8-11-6-4-3-5-7-11/h3-7,19H,8H2,1-2H3,(H,20,21). The van der Waals surface area contributed by atoms with E-state index in [1.54, 1.807) is 6.92 Å². The van der Waals surface area contributed by atoms with E-state index in [0.29, 0.717) is 0 Å². The molecule has 0 amide bonds. The van der Waals surface area contributed by atoms with E-state index < -0.39 is 11.8 Å². The number of carbonyl (C=O) groups is 2. The molecule has 2 aromatic rings. The number of carboxylic acid groups (broad SMARTS) is 1. The fourth-order valence-corrected chi connectivity index (χ4v) is 2.25. The molecule has 0 fully saturated rings. The number of Topliss-reactive ketones (excluding diaryl/α,β-unsaturated/α-hetero) is 1. The monoisotopic (exact) mass is 285 g/mol. The van der Waals surface area contributed by atoms with Gasteiger partial charge >= 0.3 is 5.97 Å². The van der Waals surface area contributed by atoms with Crippen molar-refractivity contribution in [2.24, 2.45) is 0 Å². The molecule has 1 aromatic heterocycles. The molecule has 1 aromatic carbocycles. The zero-order valence-corrected chi connectivity index (χ0v) is 11.8. The lowest BCUT2D eigenvalue weighted by Crippen LogP contribution is -2.14. The first-order chi connectivity index (χ1) is 9.91. The second-order valence-corrected chi connectivity index (χ2v) is 4.77.